The van der Waals surface area contributed by atoms with Crippen molar-refractivity contribution in [2.24, 2.45) is 14.1 Å². The second-order valence-electron chi connectivity index (χ2n) is 6.93. The van der Waals surface area contributed by atoms with E-state index in [1.54, 1.807) is 36.3 Å². The van der Waals surface area contributed by atoms with E-state index in [4.69, 9.17) is 0 Å². The molecule has 1 aliphatic rings. The fraction of sp³-hybridized carbons (Fsp3) is 0.500. The zero-order chi connectivity index (χ0) is 18.3. The zero-order valence-corrected chi connectivity index (χ0v) is 15.9. The smallest absolute Gasteiger partial charge is 0.328 e. The van der Waals surface area contributed by atoms with E-state index in [0.717, 1.165) is 19.5 Å². The minimum absolute atomic E-state index is 0.251. The van der Waals surface area contributed by atoms with Crippen LogP contribution >= 0.6 is 11.3 Å². The first-order valence-electron chi connectivity index (χ1n) is 8.95. The molecule has 0 bridgehead atoms. The molecule has 0 saturated carbocycles. The van der Waals surface area contributed by atoms with Crippen LogP contribution in [-0.2, 0) is 20.6 Å². The van der Waals surface area contributed by atoms with Crippen LogP contribution in [0.5, 0.6) is 0 Å². The van der Waals surface area contributed by atoms with Crippen LogP contribution < -0.4 is 11.2 Å². The van der Waals surface area contributed by atoms with E-state index in [1.807, 2.05) is 0 Å². The van der Waals surface area contributed by atoms with Crippen molar-refractivity contribution in [1.82, 2.24) is 23.6 Å². The van der Waals surface area contributed by atoms with Gasteiger partial charge in [-0.1, -0.05) is 0 Å². The normalized spacial score (nSPS) is 18.2. The van der Waals surface area contributed by atoms with Gasteiger partial charge in [0.05, 0.1) is 6.33 Å². The van der Waals surface area contributed by atoms with Gasteiger partial charge in [-0.15, -0.1) is 0 Å². The molecule has 4 rings (SSSR count). The number of thiophene rings is 1. The SMILES string of the molecule is Cn1cnc2c1c(=O)n(CCCN1CCC[C@@H]1c1ccsc1)c(=O)n2C. The number of aromatic nitrogens is 4. The Morgan fingerprint density at radius 2 is 2.12 bits per heavy atom. The third kappa shape index (κ3) is 2.83. The van der Waals surface area contributed by atoms with E-state index in [0.29, 0.717) is 23.8 Å². The molecule has 0 amide bonds. The van der Waals surface area contributed by atoms with Crippen LogP contribution in [0.2, 0.25) is 0 Å². The fourth-order valence-electron chi connectivity index (χ4n) is 3.96. The maximum absolute atomic E-state index is 12.7. The van der Waals surface area contributed by atoms with Gasteiger partial charge >= 0.3 is 5.69 Å². The van der Waals surface area contributed by atoms with Crippen molar-refractivity contribution in [3.63, 3.8) is 0 Å². The average molecular weight is 373 g/mol. The Bertz CT molecular complexity index is 1030. The second-order valence-corrected chi connectivity index (χ2v) is 7.71. The lowest BCUT2D eigenvalue weighted by Gasteiger charge is -2.24. The summed E-state index contributed by atoms with van der Waals surface area (Å²) in [6.07, 6.45) is 4.73. The van der Waals surface area contributed by atoms with E-state index in [2.05, 4.69) is 26.7 Å². The standard InChI is InChI=1S/C18H23N5O2S/c1-20-12-19-16-15(20)17(24)23(18(25)21(16)2)9-4-8-22-7-3-5-14(22)13-6-10-26-11-13/h6,10-12,14H,3-5,7-9H2,1-2H3/t14-/m1/s1. The molecule has 0 aliphatic carbocycles. The molecule has 7 nitrogen and oxygen atoms in total. The van der Waals surface area contributed by atoms with Crippen LogP contribution in [0.4, 0.5) is 0 Å². The Kier molecular flexibility index (Phi) is 4.54. The molecule has 1 saturated heterocycles. The highest BCUT2D eigenvalue weighted by Crippen LogP contribution is 2.32. The Balaban J connectivity index is 1.53. The number of nitrogens with zero attached hydrogens (tertiary/aromatic N) is 5. The molecule has 0 unspecified atom stereocenters. The molecule has 138 valence electrons. The van der Waals surface area contributed by atoms with Crippen LogP contribution in [0.1, 0.15) is 30.9 Å². The summed E-state index contributed by atoms with van der Waals surface area (Å²) in [5, 5.41) is 4.35. The van der Waals surface area contributed by atoms with Crippen LogP contribution in [0.15, 0.2) is 32.7 Å². The minimum Gasteiger partial charge on any atom is -0.328 e. The van der Waals surface area contributed by atoms with E-state index < -0.39 is 0 Å². The molecule has 8 heteroatoms. The highest BCUT2D eigenvalue weighted by atomic mass is 32.1. The highest BCUT2D eigenvalue weighted by molar-refractivity contribution is 7.07. The first-order valence-corrected chi connectivity index (χ1v) is 9.89. The number of fused-ring (bicyclic) bond motifs is 1. The molecular weight excluding hydrogens is 350 g/mol. The molecule has 4 heterocycles. The second kappa shape index (κ2) is 6.85. The molecule has 0 aromatic carbocycles. The van der Waals surface area contributed by atoms with Gasteiger partial charge in [-0.05, 0) is 48.2 Å². The number of imidazole rings is 1. The molecule has 0 N–H and O–H groups in total. The highest BCUT2D eigenvalue weighted by Gasteiger charge is 2.25. The van der Waals surface area contributed by atoms with E-state index in [1.165, 1.54) is 27.5 Å². The van der Waals surface area contributed by atoms with Gasteiger partial charge < -0.3 is 4.57 Å². The van der Waals surface area contributed by atoms with Gasteiger partial charge in [0, 0.05) is 33.2 Å². The van der Waals surface area contributed by atoms with E-state index in [-0.39, 0.29) is 11.2 Å². The van der Waals surface area contributed by atoms with Crippen LogP contribution in [0, 0.1) is 0 Å². The first kappa shape index (κ1) is 17.2. The lowest BCUT2D eigenvalue weighted by atomic mass is 10.1. The molecule has 0 radical (unpaired) electrons. The average Bonchev–Trinajstić information content (AvgIpc) is 3.36. The summed E-state index contributed by atoms with van der Waals surface area (Å²) >= 11 is 1.73. The number of hydrogen-bond donors (Lipinski definition) is 0. The van der Waals surface area contributed by atoms with Crippen molar-refractivity contribution < 1.29 is 0 Å². The van der Waals surface area contributed by atoms with Gasteiger partial charge in [0.2, 0.25) is 0 Å². The van der Waals surface area contributed by atoms with Gasteiger partial charge in [0.1, 0.15) is 0 Å². The van der Waals surface area contributed by atoms with Crippen LogP contribution in [0.3, 0.4) is 0 Å². The van der Waals surface area contributed by atoms with Crippen molar-refractivity contribution in [2.45, 2.75) is 31.8 Å². The minimum atomic E-state index is -0.294. The lowest BCUT2D eigenvalue weighted by Crippen LogP contribution is -2.40. The van der Waals surface area contributed by atoms with Crippen molar-refractivity contribution >= 4 is 22.5 Å². The molecular formula is C18H23N5O2S. The molecule has 1 atom stereocenters. The van der Waals surface area contributed by atoms with E-state index >= 15 is 0 Å². The molecule has 3 aromatic rings. The number of aryl methyl sites for hydroxylation is 2. The maximum atomic E-state index is 12.7. The first-order chi connectivity index (χ1) is 12.6. The van der Waals surface area contributed by atoms with Crippen molar-refractivity contribution in [3.8, 4) is 0 Å². The third-order valence-corrected chi connectivity index (χ3v) is 6.02. The quantitative estimate of drug-likeness (QED) is 0.683. The van der Waals surface area contributed by atoms with Gasteiger partial charge in [0.15, 0.2) is 11.2 Å². The number of likely N-dealkylation sites (tertiary alicyclic amines) is 1. The van der Waals surface area contributed by atoms with Crippen molar-refractivity contribution in [2.75, 3.05) is 13.1 Å². The predicted molar refractivity (Wildman–Crippen MR) is 103 cm³/mol. The summed E-state index contributed by atoms with van der Waals surface area (Å²) in [5.41, 5.74) is 1.76. The summed E-state index contributed by atoms with van der Waals surface area (Å²) in [4.78, 5) is 31.9. The lowest BCUT2D eigenvalue weighted by molar-refractivity contribution is 0.248. The summed E-state index contributed by atoms with van der Waals surface area (Å²) < 4.78 is 4.49. The fourth-order valence-corrected chi connectivity index (χ4v) is 4.67. The molecule has 1 aliphatic heterocycles. The molecule has 26 heavy (non-hydrogen) atoms. The maximum Gasteiger partial charge on any atom is 0.332 e. The summed E-state index contributed by atoms with van der Waals surface area (Å²) in [6, 6.07) is 2.67. The van der Waals surface area contributed by atoms with Gasteiger partial charge in [-0.3, -0.25) is 18.8 Å². The summed E-state index contributed by atoms with van der Waals surface area (Å²) in [7, 11) is 3.45. The molecule has 3 aromatic heterocycles. The van der Waals surface area contributed by atoms with Crippen LogP contribution in [0.25, 0.3) is 11.2 Å². The third-order valence-electron chi connectivity index (χ3n) is 5.32. The Hall–Kier alpha value is -2.19. The summed E-state index contributed by atoms with van der Waals surface area (Å²) in [6.45, 7) is 2.40. The van der Waals surface area contributed by atoms with Crippen LogP contribution in [-0.4, -0.2) is 36.7 Å². The predicted octanol–water partition coefficient (Wildman–Crippen LogP) is 1.72. The van der Waals surface area contributed by atoms with Gasteiger partial charge in [-0.25, -0.2) is 9.78 Å². The topological polar surface area (TPSA) is 65.1 Å². The van der Waals surface area contributed by atoms with Gasteiger partial charge in [-0.2, -0.15) is 11.3 Å². The van der Waals surface area contributed by atoms with Crippen molar-refractivity contribution in [1.29, 1.82) is 0 Å². The Morgan fingerprint density at radius 1 is 1.27 bits per heavy atom. The summed E-state index contributed by atoms with van der Waals surface area (Å²) in [5.74, 6) is 0. The Morgan fingerprint density at radius 3 is 2.88 bits per heavy atom. The molecule has 0 spiro atoms. The largest absolute Gasteiger partial charge is 0.332 e. The van der Waals surface area contributed by atoms with E-state index in [9.17, 15) is 9.59 Å². The Labute approximate surface area is 155 Å². The van der Waals surface area contributed by atoms with Gasteiger partial charge in [0.25, 0.3) is 5.56 Å². The molecule has 1 fully saturated rings. The monoisotopic (exact) mass is 373 g/mol. The number of rotatable bonds is 5. The number of hydrogen-bond acceptors (Lipinski definition) is 5. The zero-order valence-electron chi connectivity index (χ0n) is 15.1. The van der Waals surface area contributed by atoms with Crippen molar-refractivity contribution in [3.05, 3.63) is 49.6 Å².